The Bertz CT molecular complexity index is 450. The van der Waals surface area contributed by atoms with Gasteiger partial charge in [0.1, 0.15) is 0 Å². The van der Waals surface area contributed by atoms with Crippen LogP contribution < -0.4 is 10.6 Å². The van der Waals surface area contributed by atoms with Gasteiger partial charge in [-0.05, 0) is 37.4 Å². The first-order chi connectivity index (χ1) is 9.06. The standard InChI is InChI=1S/C15H23N3O/c1-11(2)15(6-8-16-10-15)14(19)18-9-13-12(3)5-4-7-17-13/h4-5,7,11,16H,6,8-10H2,1-3H3,(H,18,19). The van der Waals surface area contributed by atoms with Crippen molar-refractivity contribution >= 4 is 5.91 Å². The van der Waals surface area contributed by atoms with E-state index >= 15 is 0 Å². The second kappa shape index (κ2) is 5.70. The largest absolute Gasteiger partial charge is 0.350 e. The van der Waals surface area contributed by atoms with Gasteiger partial charge in [-0.2, -0.15) is 0 Å². The number of aromatic nitrogens is 1. The Kier molecular flexibility index (Phi) is 4.20. The topological polar surface area (TPSA) is 54.0 Å². The lowest BCUT2D eigenvalue weighted by atomic mass is 9.75. The van der Waals surface area contributed by atoms with Gasteiger partial charge in [-0.15, -0.1) is 0 Å². The highest BCUT2D eigenvalue weighted by atomic mass is 16.2. The predicted molar refractivity (Wildman–Crippen MR) is 75.6 cm³/mol. The Labute approximate surface area is 115 Å². The van der Waals surface area contributed by atoms with E-state index in [0.717, 1.165) is 30.8 Å². The Morgan fingerprint density at radius 1 is 1.58 bits per heavy atom. The van der Waals surface area contributed by atoms with Gasteiger partial charge < -0.3 is 10.6 Å². The van der Waals surface area contributed by atoms with Crippen molar-refractivity contribution in [3.63, 3.8) is 0 Å². The third-order valence-corrected chi connectivity index (χ3v) is 4.28. The molecule has 0 bridgehead atoms. The fourth-order valence-corrected chi connectivity index (χ4v) is 2.70. The van der Waals surface area contributed by atoms with Gasteiger partial charge in [-0.25, -0.2) is 0 Å². The summed E-state index contributed by atoms with van der Waals surface area (Å²) < 4.78 is 0. The molecule has 1 saturated heterocycles. The van der Waals surface area contributed by atoms with Crippen LogP contribution in [-0.4, -0.2) is 24.0 Å². The zero-order valence-electron chi connectivity index (χ0n) is 12.0. The van der Waals surface area contributed by atoms with Crippen LogP contribution in [0.4, 0.5) is 0 Å². The number of hydrogen-bond donors (Lipinski definition) is 2. The average molecular weight is 261 g/mol. The molecule has 2 rings (SSSR count). The van der Waals surface area contributed by atoms with Crippen LogP contribution in [0.5, 0.6) is 0 Å². The molecule has 1 fully saturated rings. The highest BCUT2D eigenvalue weighted by Gasteiger charge is 2.43. The Hall–Kier alpha value is -1.42. The minimum absolute atomic E-state index is 0.151. The summed E-state index contributed by atoms with van der Waals surface area (Å²) in [7, 11) is 0. The molecule has 1 aromatic rings. The molecule has 1 amide bonds. The minimum atomic E-state index is -0.261. The number of nitrogens with one attached hydrogen (secondary N) is 2. The molecule has 4 heteroatoms. The van der Waals surface area contributed by atoms with Crippen LogP contribution in [0.25, 0.3) is 0 Å². The van der Waals surface area contributed by atoms with Crippen molar-refractivity contribution in [2.75, 3.05) is 13.1 Å². The van der Waals surface area contributed by atoms with Crippen LogP contribution in [0.3, 0.4) is 0 Å². The van der Waals surface area contributed by atoms with Crippen LogP contribution >= 0.6 is 0 Å². The predicted octanol–water partition coefficient (Wildman–Crippen LogP) is 1.64. The molecule has 1 aliphatic rings. The second-order valence-corrected chi connectivity index (χ2v) is 5.69. The summed E-state index contributed by atoms with van der Waals surface area (Å²) in [6.07, 6.45) is 2.68. The summed E-state index contributed by atoms with van der Waals surface area (Å²) in [5.74, 6) is 0.491. The number of carbonyl (C=O) groups excluding carboxylic acids is 1. The quantitative estimate of drug-likeness (QED) is 0.866. The molecule has 0 spiro atoms. The van der Waals surface area contributed by atoms with E-state index in [2.05, 4.69) is 29.5 Å². The zero-order valence-corrected chi connectivity index (χ0v) is 12.0. The smallest absolute Gasteiger partial charge is 0.228 e. The van der Waals surface area contributed by atoms with Crippen LogP contribution in [-0.2, 0) is 11.3 Å². The lowest BCUT2D eigenvalue weighted by Crippen LogP contribution is -2.45. The molecule has 1 aromatic heterocycles. The highest BCUT2D eigenvalue weighted by molar-refractivity contribution is 5.83. The molecular formula is C15H23N3O. The van der Waals surface area contributed by atoms with Gasteiger partial charge in [0.15, 0.2) is 0 Å². The molecule has 1 aliphatic heterocycles. The number of pyridine rings is 1. The third-order valence-electron chi connectivity index (χ3n) is 4.28. The van der Waals surface area contributed by atoms with Gasteiger partial charge in [0.25, 0.3) is 0 Å². The van der Waals surface area contributed by atoms with Crippen molar-refractivity contribution in [2.24, 2.45) is 11.3 Å². The third kappa shape index (κ3) is 2.78. The lowest BCUT2D eigenvalue weighted by Gasteiger charge is -2.31. The number of aryl methyl sites for hydroxylation is 1. The SMILES string of the molecule is Cc1cccnc1CNC(=O)C1(C(C)C)CCNC1. The van der Waals surface area contributed by atoms with Gasteiger partial charge in [-0.3, -0.25) is 9.78 Å². The molecule has 19 heavy (non-hydrogen) atoms. The number of nitrogens with zero attached hydrogens (tertiary/aromatic N) is 1. The van der Waals surface area contributed by atoms with Crippen LogP contribution in [0.2, 0.25) is 0 Å². The maximum atomic E-state index is 12.5. The second-order valence-electron chi connectivity index (χ2n) is 5.69. The van der Waals surface area contributed by atoms with Crippen LogP contribution in [0, 0.1) is 18.3 Å². The summed E-state index contributed by atoms with van der Waals surface area (Å²) in [5, 5.41) is 6.37. The fraction of sp³-hybridized carbons (Fsp3) is 0.600. The highest BCUT2D eigenvalue weighted by Crippen LogP contribution is 2.34. The number of hydrogen-bond acceptors (Lipinski definition) is 3. The molecule has 104 valence electrons. The number of rotatable bonds is 4. The first kappa shape index (κ1) is 14.0. The van der Waals surface area contributed by atoms with Crippen molar-refractivity contribution in [2.45, 2.75) is 33.7 Å². The summed E-state index contributed by atoms with van der Waals surface area (Å²) >= 11 is 0. The summed E-state index contributed by atoms with van der Waals surface area (Å²) in [6.45, 7) is 8.48. The molecular weight excluding hydrogens is 238 g/mol. The Morgan fingerprint density at radius 2 is 2.37 bits per heavy atom. The molecule has 0 aliphatic carbocycles. The van der Waals surface area contributed by atoms with E-state index in [9.17, 15) is 4.79 Å². The van der Waals surface area contributed by atoms with Gasteiger partial charge >= 0.3 is 0 Å². The van der Waals surface area contributed by atoms with Crippen molar-refractivity contribution in [1.29, 1.82) is 0 Å². The normalized spacial score (nSPS) is 22.7. The van der Waals surface area contributed by atoms with E-state index in [1.807, 2.05) is 19.1 Å². The lowest BCUT2D eigenvalue weighted by molar-refractivity contribution is -0.132. The van der Waals surface area contributed by atoms with Gasteiger partial charge in [0, 0.05) is 12.7 Å². The van der Waals surface area contributed by atoms with E-state index in [-0.39, 0.29) is 11.3 Å². The number of amides is 1. The molecule has 1 unspecified atom stereocenters. The van der Waals surface area contributed by atoms with E-state index in [4.69, 9.17) is 0 Å². The molecule has 0 radical (unpaired) electrons. The first-order valence-corrected chi connectivity index (χ1v) is 6.96. The van der Waals surface area contributed by atoms with Gasteiger partial charge in [0.05, 0.1) is 17.7 Å². The molecule has 0 saturated carbocycles. The molecule has 1 atom stereocenters. The van der Waals surface area contributed by atoms with Crippen LogP contribution in [0.1, 0.15) is 31.5 Å². The Morgan fingerprint density at radius 3 is 2.95 bits per heavy atom. The minimum Gasteiger partial charge on any atom is -0.350 e. The maximum Gasteiger partial charge on any atom is 0.228 e. The van der Waals surface area contributed by atoms with Crippen molar-refractivity contribution in [1.82, 2.24) is 15.6 Å². The first-order valence-electron chi connectivity index (χ1n) is 6.96. The number of carbonyl (C=O) groups is 1. The van der Waals surface area contributed by atoms with E-state index < -0.39 is 0 Å². The molecule has 2 heterocycles. The van der Waals surface area contributed by atoms with Crippen LogP contribution in [0.15, 0.2) is 18.3 Å². The molecule has 0 aromatic carbocycles. The molecule has 2 N–H and O–H groups in total. The van der Waals surface area contributed by atoms with E-state index in [1.54, 1.807) is 6.20 Å². The summed E-state index contributed by atoms with van der Waals surface area (Å²) in [6, 6.07) is 3.93. The maximum absolute atomic E-state index is 12.5. The average Bonchev–Trinajstić information content (AvgIpc) is 2.88. The Balaban J connectivity index is 2.03. The van der Waals surface area contributed by atoms with E-state index in [0.29, 0.717) is 12.5 Å². The molecule has 4 nitrogen and oxygen atoms in total. The summed E-state index contributed by atoms with van der Waals surface area (Å²) in [5.41, 5.74) is 1.80. The van der Waals surface area contributed by atoms with Gasteiger partial charge in [-0.1, -0.05) is 19.9 Å². The van der Waals surface area contributed by atoms with Crippen molar-refractivity contribution in [3.8, 4) is 0 Å². The zero-order chi connectivity index (χ0) is 13.9. The van der Waals surface area contributed by atoms with E-state index in [1.165, 1.54) is 0 Å². The van der Waals surface area contributed by atoms with Crippen molar-refractivity contribution < 1.29 is 4.79 Å². The van der Waals surface area contributed by atoms with Crippen molar-refractivity contribution in [3.05, 3.63) is 29.6 Å². The fourth-order valence-electron chi connectivity index (χ4n) is 2.70. The monoisotopic (exact) mass is 261 g/mol. The summed E-state index contributed by atoms with van der Waals surface area (Å²) in [4.78, 5) is 16.8. The van der Waals surface area contributed by atoms with Gasteiger partial charge in [0.2, 0.25) is 5.91 Å².